The topological polar surface area (TPSA) is 74.7 Å². The van der Waals surface area contributed by atoms with Crippen LogP contribution in [0.25, 0.3) is 11.3 Å². The van der Waals surface area contributed by atoms with Crippen LogP contribution < -0.4 is 5.43 Å². The third-order valence-corrected chi connectivity index (χ3v) is 7.63. The van der Waals surface area contributed by atoms with Gasteiger partial charge in [-0.15, -0.1) is 11.3 Å². The summed E-state index contributed by atoms with van der Waals surface area (Å²) in [5.41, 5.74) is 5.32. The molecule has 1 aromatic heterocycles. The number of nitrogens with zero attached hydrogens (tertiary/aromatic N) is 3. The minimum atomic E-state index is -3.40. The Morgan fingerprint density at radius 2 is 1.83 bits per heavy atom. The highest BCUT2D eigenvalue weighted by molar-refractivity contribution is 7.89. The molecule has 0 radical (unpaired) electrons. The third kappa shape index (κ3) is 4.51. The van der Waals surface area contributed by atoms with Gasteiger partial charge in [-0.25, -0.2) is 13.4 Å². The second-order valence-corrected chi connectivity index (χ2v) is 9.77. The van der Waals surface area contributed by atoms with Gasteiger partial charge in [0.15, 0.2) is 0 Å². The first-order valence-electron chi connectivity index (χ1n) is 9.14. The zero-order chi connectivity index (χ0) is 20.3. The van der Waals surface area contributed by atoms with Crippen LogP contribution in [0.2, 0.25) is 5.02 Å². The van der Waals surface area contributed by atoms with Crippen molar-refractivity contribution in [2.75, 3.05) is 18.5 Å². The Balaban J connectivity index is 1.45. The van der Waals surface area contributed by atoms with E-state index in [0.29, 0.717) is 28.1 Å². The van der Waals surface area contributed by atoms with Crippen LogP contribution in [-0.2, 0) is 10.0 Å². The minimum absolute atomic E-state index is 0.320. The molecule has 0 bridgehead atoms. The first-order valence-corrected chi connectivity index (χ1v) is 11.8. The van der Waals surface area contributed by atoms with Crippen molar-refractivity contribution in [3.05, 3.63) is 64.5 Å². The first-order chi connectivity index (χ1) is 14.0. The molecule has 150 valence electrons. The number of anilines is 1. The average Bonchev–Trinajstić information content (AvgIpc) is 3.42. The molecule has 0 saturated carbocycles. The lowest BCUT2D eigenvalue weighted by Crippen LogP contribution is -2.27. The molecule has 4 rings (SSSR count). The number of benzene rings is 2. The van der Waals surface area contributed by atoms with Crippen molar-refractivity contribution in [1.29, 1.82) is 0 Å². The number of hydrogen-bond donors (Lipinski definition) is 1. The van der Waals surface area contributed by atoms with Crippen molar-refractivity contribution in [3.63, 3.8) is 0 Å². The molecule has 0 aliphatic carbocycles. The fourth-order valence-electron chi connectivity index (χ4n) is 3.07. The molecular formula is C20H19ClN4O2S2. The smallest absolute Gasteiger partial charge is 0.243 e. The molecule has 0 unspecified atom stereocenters. The third-order valence-electron chi connectivity index (χ3n) is 4.63. The standard InChI is InChI=1S/C20H19ClN4O2S2/c21-18-6-2-1-5-16(18)13-22-24-20-23-19(14-28-20)15-7-9-17(10-8-15)29(26,27)25-11-3-4-12-25/h1-2,5-10,13-14H,3-4,11-12H2,(H,23,24)/b22-13+. The normalized spacial score (nSPS) is 15.2. The molecule has 2 aromatic carbocycles. The van der Waals surface area contributed by atoms with Crippen LogP contribution in [-0.4, -0.2) is 37.0 Å². The summed E-state index contributed by atoms with van der Waals surface area (Å²) >= 11 is 7.52. The Hall–Kier alpha value is -2.26. The van der Waals surface area contributed by atoms with Crippen LogP contribution >= 0.6 is 22.9 Å². The highest BCUT2D eigenvalue weighted by Gasteiger charge is 2.26. The largest absolute Gasteiger partial charge is 0.253 e. The van der Waals surface area contributed by atoms with E-state index in [1.807, 2.05) is 23.6 Å². The lowest BCUT2D eigenvalue weighted by Gasteiger charge is -2.15. The fourth-order valence-corrected chi connectivity index (χ4v) is 5.44. The molecular weight excluding hydrogens is 428 g/mol. The number of thiazole rings is 1. The van der Waals surface area contributed by atoms with Crippen LogP contribution in [0.3, 0.4) is 0 Å². The summed E-state index contributed by atoms with van der Waals surface area (Å²) in [5.74, 6) is 0. The zero-order valence-electron chi connectivity index (χ0n) is 15.5. The number of nitrogens with one attached hydrogen (secondary N) is 1. The van der Waals surface area contributed by atoms with Crippen LogP contribution in [0.15, 0.2) is 63.9 Å². The minimum Gasteiger partial charge on any atom is -0.253 e. The number of hydrogen-bond acceptors (Lipinski definition) is 6. The molecule has 2 heterocycles. The van der Waals surface area contributed by atoms with Crippen molar-refractivity contribution < 1.29 is 8.42 Å². The van der Waals surface area contributed by atoms with Crippen LogP contribution in [0.1, 0.15) is 18.4 Å². The summed E-state index contributed by atoms with van der Waals surface area (Å²) in [5, 5.41) is 7.34. The monoisotopic (exact) mass is 446 g/mol. The fraction of sp³-hybridized carbons (Fsp3) is 0.200. The van der Waals surface area contributed by atoms with Gasteiger partial charge in [-0.05, 0) is 31.0 Å². The van der Waals surface area contributed by atoms with Crippen molar-refractivity contribution in [1.82, 2.24) is 9.29 Å². The van der Waals surface area contributed by atoms with E-state index in [1.165, 1.54) is 11.3 Å². The number of hydrazone groups is 1. The summed E-state index contributed by atoms with van der Waals surface area (Å²) in [6.45, 7) is 1.19. The SMILES string of the molecule is O=S(=O)(c1ccc(-c2csc(N/N=C/c3ccccc3Cl)n2)cc1)N1CCCC1. The Kier molecular flexibility index (Phi) is 5.96. The van der Waals surface area contributed by atoms with E-state index in [1.54, 1.807) is 40.9 Å². The molecule has 29 heavy (non-hydrogen) atoms. The second-order valence-electron chi connectivity index (χ2n) is 6.56. The highest BCUT2D eigenvalue weighted by Crippen LogP contribution is 2.27. The van der Waals surface area contributed by atoms with E-state index >= 15 is 0 Å². The van der Waals surface area contributed by atoms with Crippen molar-refractivity contribution >= 4 is 44.3 Å². The van der Waals surface area contributed by atoms with Gasteiger partial charge in [-0.3, -0.25) is 5.43 Å². The molecule has 1 saturated heterocycles. The summed E-state index contributed by atoms with van der Waals surface area (Å²) in [7, 11) is -3.40. The molecule has 6 nitrogen and oxygen atoms in total. The molecule has 9 heteroatoms. The van der Waals surface area contributed by atoms with Crippen LogP contribution in [0, 0.1) is 0 Å². The maximum Gasteiger partial charge on any atom is 0.243 e. The number of rotatable bonds is 6. The van der Waals surface area contributed by atoms with Gasteiger partial charge in [0.25, 0.3) is 0 Å². The number of halogens is 1. The predicted molar refractivity (Wildman–Crippen MR) is 118 cm³/mol. The van der Waals surface area contributed by atoms with Gasteiger partial charge in [0, 0.05) is 34.6 Å². The molecule has 1 aliphatic rings. The maximum atomic E-state index is 12.6. The van der Waals surface area contributed by atoms with Gasteiger partial charge in [-0.1, -0.05) is 41.9 Å². The Morgan fingerprint density at radius 3 is 2.55 bits per heavy atom. The van der Waals surface area contributed by atoms with Gasteiger partial charge >= 0.3 is 0 Å². The van der Waals surface area contributed by atoms with Crippen molar-refractivity contribution in [2.45, 2.75) is 17.7 Å². The van der Waals surface area contributed by atoms with Gasteiger partial charge in [-0.2, -0.15) is 9.41 Å². The van der Waals surface area contributed by atoms with E-state index in [0.717, 1.165) is 29.7 Å². The highest BCUT2D eigenvalue weighted by atomic mass is 35.5. The summed E-state index contributed by atoms with van der Waals surface area (Å²) < 4.78 is 26.8. The maximum absolute atomic E-state index is 12.6. The van der Waals surface area contributed by atoms with E-state index in [2.05, 4.69) is 15.5 Å². The average molecular weight is 447 g/mol. The molecule has 1 aliphatic heterocycles. The van der Waals surface area contributed by atoms with Gasteiger partial charge in [0.05, 0.1) is 16.8 Å². The Morgan fingerprint density at radius 1 is 1.10 bits per heavy atom. The van der Waals surface area contributed by atoms with Gasteiger partial charge < -0.3 is 0 Å². The van der Waals surface area contributed by atoms with E-state index in [4.69, 9.17) is 11.6 Å². The van der Waals surface area contributed by atoms with Crippen molar-refractivity contribution in [2.24, 2.45) is 5.10 Å². The van der Waals surface area contributed by atoms with Crippen molar-refractivity contribution in [3.8, 4) is 11.3 Å². The van der Waals surface area contributed by atoms with Gasteiger partial charge in [0.1, 0.15) is 0 Å². The molecule has 1 fully saturated rings. The molecule has 1 N–H and O–H groups in total. The zero-order valence-corrected chi connectivity index (χ0v) is 17.8. The van der Waals surface area contributed by atoms with Crippen LogP contribution in [0.5, 0.6) is 0 Å². The lowest BCUT2D eigenvalue weighted by atomic mass is 10.2. The number of aromatic nitrogens is 1. The van der Waals surface area contributed by atoms with E-state index < -0.39 is 10.0 Å². The predicted octanol–water partition coefficient (Wildman–Crippen LogP) is 4.69. The lowest BCUT2D eigenvalue weighted by molar-refractivity contribution is 0.477. The summed E-state index contributed by atoms with van der Waals surface area (Å²) in [4.78, 5) is 4.82. The number of sulfonamides is 1. The van der Waals surface area contributed by atoms with E-state index in [-0.39, 0.29) is 0 Å². The molecule has 0 atom stereocenters. The summed E-state index contributed by atoms with van der Waals surface area (Å²) in [6, 6.07) is 14.3. The summed E-state index contributed by atoms with van der Waals surface area (Å²) in [6.07, 6.45) is 3.48. The Bertz CT molecular complexity index is 1120. The van der Waals surface area contributed by atoms with Gasteiger partial charge in [0.2, 0.25) is 15.2 Å². The molecule has 0 amide bonds. The first kappa shape index (κ1) is 20.0. The molecule has 3 aromatic rings. The Labute approximate surface area is 178 Å². The van der Waals surface area contributed by atoms with Crippen LogP contribution in [0.4, 0.5) is 5.13 Å². The second kappa shape index (κ2) is 8.62. The molecule has 0 spiro atoms. The van der Waals surface area contributed by atoms with E-state index in [9.17, 15) is 8.42 Å². The quantitative estimate of drug-likeness (QED) is 0.440.